The maximum atomic E-state index is 9.98. The lowest BCUT2D eigenvalue weighted by atomic mass is 9.75. The quantitative estimate of drug-likeness (QED) is 0.796. The van der Waals surface area contributed by atoms with Crippen LogP contribution in [0, 0.1) is 0 Å². The van der Waals surface area contributed by atoms with E-state index in [1.54, 1.807) is 24.0 Å². The van der Waals surface area contributed by atoms with E-state index in [1.165, 1.54) is 0 Å². The highest BCUT2D eigenvalue weighted by atomic mass is 32.1. The molecule has 13 heavy (non-hydrogen) atoms. The molecule has 1 saturated carbocycles. The first-order valence-electron chi connectivity index (χ1n) is 4.34. The van der Waals surface area contributed by atoms with Gasteiger partial charge in [-0.15, -0.1) is 11.3 Å². The molecule has 1 heterocycles. The molecule has 0 amide bonds. The Bertz CT molecular complexity index is 267. The van der Waals surface area contributed by atoms with Crippen LogP contribution >= 0.6 is 11.3 Å². The molecular formula is C9H13NO2S. The van der Waals surface area contributed by atoms with Crippen molar-refractivity contribution in [1.82, 2.24) is 4.98 Å². The van der Waals surface area contributed by atoms with Crippen molar-refractivity contribution in [2.24, 2.45) is 0 Å². The summed E-state index contributed by atoms with van der Waals surface area (Å²) in [7, 11) is 1.69. The lowest BCUT2D eigenvalue weighted by Crippen LogP contribution is -2.49. The van der Waals surface area contributed by atoms with Crippen LogP contribution in [0.2, 0.25) is 0 Å². The first kappa shape index (κ1) is 9.12. The van der Waals surface area contributed by atoms with Gasteiger partial charge >= 0.3 is 0 Å². The van der Waals surface area contributed by atoms with Crippen LogP contribution in [0.3, 0.4) is 0 Å². The third-order valence-corrected chi connectivity index (χ3v) is 3.31. The van der Waals surface area contributed by atoms with E-state index in [-0.39, 0.29) is 6.10 Å². The molecule has 0 aromatic carbocycles. The second-order valence-corrected chi connectivity index (χ2v) is 4.61. The second kappa shape index (κ2) is 3.36. The van der Waals surface area contributed by atoms with Crippen LogP contribution in [-0.2, 0) is 11.2 Å². The minimum absolute atomic E-state index is 0.248. The summed E-state index contributed by atoms with van der Waals surface area (Å²) in [6.45, 7) is 0. The van der Waals surface area contributed by atoms with Crippen LogP contribution < -0.4 is 0 Å². The Labute approximate surface area is 81.4 Å². The predicted molar refractivity (Wildman–Crippen MR) is 50.8 cm³/mol. The van der Waals surface area contributed by atoms with Gasteiger partial charge in [0.2, 0.25) is 0 Å². The summed E-state index contributed by atoms with van der Waals surface area (Å²) in [5.41, 5.74) is 1.26. The van der Waals surface area contributed by atoms with Gasteiger partial charge in [0.1, 0.15) is 0 Å². The molecule has 0 spiro atoms. The first-order chi connectivity index (χ1) is 6.22. The largest absolute Gasteiger partial charge is 0.389 e. The SMILES string of the molecule is COC1CC(O)(Cc2cncs2)C1. The summed E-state index contributed by atoms with van der Waals surface area (Å²) < 4.78 is 5.13. The van der Waals surface area contributed by atoms with Gasteiger partial charge in [-0.05, 0) is 0 Å². The Morgan fingerprint density at radius 3 is 3.08 bits per heavy atom. The van der Waals surface area contributed by atoms with Crippen LogP contribution in [0.1, 0.15) is 17.7 Å². The van der Waals surface area contributed by atoms with E-state index in [4.69, 9.17) is 4.74 Å². The third-order valence-electron chi connectivity index (χ3n) is 2.54. The fourth-order valence-electron chi connectivity index (χ4n) is 1.75. The van der Waals surface area contributed by atoms with E-state index >= 15 is 0 Å². The van der Waals surface area contributed by atoms with Gasteiger partial charge in [-0.1, -0.05) is 0 Å². The molecule has 0 saturated heterocycles. The van der Waals surface area contributed by atoms with Crippen LogP contribution in [0.4, 0.5) is 0 Å². The first-order valence-corrected chi connectivity index (χ1v) is 5.22. The Morgan fingerprint density at radius 2 is 2.54 bits per heavy atom. The lowest BCUT2D eigenvalue weighted by molar-refractivity contribution is -0.126. The highest BCUT2D eigenvalue weighted by Crippen LogP contribution is 2.37. The van der Waals surface area contributed by atoms with E-state index in [9.17, 15) is 5.11 Å². The van der Waals surface area contributed by atoms with Crippen LogP contribution in [0.15, 0.2) is 11.7 Å². The Kier molecular flexibility index (Phi) is 2.36. The van der Waals surface area contributed by atoms with Crippen molar-refractivity contribution in [1.29, 1.82) is 0 Å². The maximum Gasteiger partial charge on any atom is 0.0794 e. The average Bonchev–Trinajstić information content (AvgIpc) is 2.52. The van der Waals surface area contributed by atoms with Gasteiger partial charge in [0, 0.05) is 37.4 Å². The number of thiazole rings is 1. The standard InChI is InChI=1S/C9H13NO2S/c1-12-7-2-9(11,3-7)4-8-5-10-6-13-8/h5-7,11H,2-4H2,1H3. The molecule has 0 unspecified atom stereocenters. The molecule has 0 bridgehead atoms. The number of hydrogen-bond donors (Lipinski definition) is 1. The molecule has 4 heteroatoms. The zero-order valence-corrected chi connectivity index (χ0v) is 8.38. The topological polar surface area (TPSA) is 42.4 Å². The smallest absolute Gasteiger partial charge is 0.0794 e. The molecular weight excluding hydrogens is 186 g/mol. The maximum absolute atomic E-state index is 9.98. The van der Waals surface area contributed by atoms with Crippen molar-refractivity contribution < 1.29 is 9.84 Å². The summed E-state index contributed by atoms with van der Waals surface area (Å²) in [6, 6.07) is 0. The lowest BCUT2D eigenvalue weighted by Gasteiger charge is -2.42. The highest BCUT2D eigenvalue weighted by molar-refractivity contribution is 7.09. The van der Waals surface area contributed by atoms with Crippen LogP contribution in [0.25, 0.3) is 0 Å². The van der Waals surface area contributed by atoms with E-state index in [1.807, 2.05) is 6.20 Å². The van der Waals surface area contributed by atoms with Crippen molar-refractivity contribution in [3.63, 3.8) is 0 Å². The molecule has 1 aliphatic rings. The van der Waals surface area contributed by atoms with Gasteiger partial charge in [-0.2, -0.15) is 0 Å². The molecule has 0 aliphatic heterocycles. The predicted octanol–water partition coefficient (Wildman–Crippen LogP) is 1.23. The molecule has 2 rings (SSSR count). The van der Waals surface area contributed by atoms with E-state index < -0.39 is 5.60 Å². The van der Waals surface area contributed by atoms with Crippen molar-refractivity contribution in [2.75, 3.05) is 7.11 Å². The normalized spacial score (nSPS) is 32.9. The third kappa shape index (κ3) is 1.90. The number of ether oxygens (including phenoxy) is 1. The van der Waals surface area contributed by atoms with E-state index in [0.29, 0.717) is 0 Å². The molecule has 1 N–H and O–H groups in total. The fourth-order valence-corrected chi connectivity index (χ4v) is 2.48. The van der Waals surface area contributed by atoms with Gasteiger partial charge in [0.05, 0.1) is 17.2 Å². The van der Waals surface area contributed by atoms with Gasteiger partial charge in [-0.3, -0.25) is 4.98 Å². The summed E-state index contributed by atoms with van der Waals surface area (Å²) in [6.07, 6.45) is 4.29. The monoisotopic (exact) mass is 199 g/mol. The molecule has 1 aromatic rings. The molecule has 3 nitrogen and oxygen atoms in total. The van der Waals surface area contributed by atoms with Gasteiger partial charge in [0.25, 0.3) is 0 Å². The van der Waals surface area contributed by atoms with Crippen molar-refractivity contribution >= 4 is 11.3 Å². The van der Waals surface area contributed by atoms with E-state index in [2.05, 4.69) is 4.98 Å². The Balaban J connectivity index is 1.90. The Hall–Kier alpha value is -0.450. The number of rotatable bonds is 3. The Morgan fingerprint density at radius 1 is 1.77 bits per heavy atom. The van der Waals surface area contributed by atoms with Crippen molar-refractivity contribution in [3.8, 4) is 0 Å². The average molecular weight is 199 g/mol. The molecule has 1 aliphatic carbocycles. The molecule has 1 fully saturated rings. The fraction of sp³-hybridized carbons (Fsp3) is 0.667. The van der Waals surface area contributed by atoms with Crippen LogP contribution in [0.5, 0.6) is 0 Å². The van der Waals surface area contributed by atoms with Gasteiger partial charge in [-0.25, -0.2) is 0 Å². The molecule has 72 valence electrons. The number of aromatic nitrogens is 1. The number of hydrogen-bond acceptors (Lipinski definition) is 4. The molecule has 0 radical (unpaired) electrons. The molecule has 0 atom stereocenters. The minimum Gasteiger partial charge on any atom is -0.389 e. The summed E-state index contributed by atoms with van der Waals surface area (Å²) in [5, 5.41) is 9.98. The zero-order chi connectivity index (χ0) is 9.31. The van der Waals surface area contributed by atoms with E-state index in [0.717, 1.165) is 24.1 Å². The second-order valence-electron chi connectivity index (χ2n) is 3.63. The minimum atomic E-state index is -0.535. The molecule has 1 aromatic heterocycles. The van der Waals surface area contributed by atoms with Gasteiger partial charge < -0.3 is 9.84 Å². The van der Waals surface area contributed by atoms with Crippen molar-refractivity contribution in [3.05, 3.63) is 16.6 Å². The zero-order valence-electron chi connectivity index (χ0n) is 7.56. The summed E-state index contributed by atoms with van der Waals surface area (Å²) >= 11 is 1.60. The number of methoxy groups -OCH3 is 1. The highest BCUT2D eigenvalue weighted by Gasteiger charge is 2.42. The summed E-state index contributed by atoms with van der Waals surface area (Å²) in [4.78, 5) is 5.13. The van der Waals surface area contributed by atoms with Gasteiger partial charge in [0.15, 0.2) is 0 Å². The van der Waals surface area contributed by atoms with Crippen molar-refractivity contribution in [2.45, 2.75) is 31.0 Å². The number of nitrogens with zero attached hydrogens (tertiary/aromatic N) is 1. The summed E-state index contributed by atoms with van der Waals surface area (Å²) in [5.74, 6) is 0. The number of aliphatic hydroxyl groups is 1. The van der Waals surface area contributed by atoms with Crippen LogP contribution in [-0.4, -0.2) is 28.9 Å².